The molecule has 0 spiro atoms. The van der Waals surface area contributed by atoms with Crippen molar-refractivity contribution in [1.29, 1.82) is 0 Å². The molecule has 14 heterocycles. The number of aryl methyl sites for hydroxylation is 1. The minimum atomic E-state index is -3.15. The lowest BCUT2D eigenvalue weighted by Gasteiger charge is -2.37. The van der Waals surface area contributed by atoms with Gasteiger partial charge in [0.1, 0.15) is 79.5 Å². The summed E-state index contributed by atoms with van der Waals surface area (Å²) in [5, 5.41) is 22.9. The van der Waals surface area contributed by atoms with E-state index < -0.39 is 97.5 Å². The van der Waals surface area contributed by atoms with Gasteiger partial charge in [0.2, 0.25) is 19.1 Å². The second kappa shape index (κ2) is 39.4. The number of ketones is 4. The van der Waals surface area contributed by atoms with Crippen LogP contribution < -0.4 is 14.2 Å². The molecule has 0 bridgehead atoms. The van der Waals surface area contributed by atoms with Crippen LogP contribution >= 0.6 is 0 Å². The summed E-state index contributed by atoms with van der Waals surface area (Å²) in [5.41, 5.74) is 9.06. The Morgan fingerprint density at radius 1 is 0.350 bits per heavy atom. The second-order valence-corrected chi connectivity index (χ2v) is 46.3. The van der Waals surface area contributed by atoms with Crippen LogP contribution in [-0.2, 0) is 46.4 Å². The predicted octanol–water partition coefficient (Wildman–Crippen LogP) is 17.7. The fourth-order valence-electron chi connectivity index (χ4n) is 18.3. The number of Topliss-reactive ketones (excluding diaryl/α,β-unsaturated/α-hetero) is 4. The Hall–Kier alpha value is -14.5. The number of halogens is 7. The molecule has 4 aliphatic rings. The van der Waals surface area contributed by atoms with E-state index in [0.717, 1.165) is 18.1 Å². The van der Waals surface area contributed by atoms with Crippen molar-refractivity contribution in [2.75, 3.05) is 46.0 Å². The third-order valence-corrected chi connectivity index (χ3v) is 33.1. The molecule has 0 amide bonds. The molecule has 4 aliphatic heterocycles. The first-order chi connectivity index (χ1) is 67.7. The van der Waals surface area contributed by atoms with Gasteiger partial charge in [0, 0.05) is 129 Å². The molecule has 4 saturated heterocycles. The number of pyridine rings is 4. The number of carbonyl (C=O) groups excluding carboxylic acids is 4. The molecule has 740 valence electrons. The molecule has 42 heteroatoms. The van der Waals surface area contributed by atoms with Gasteiger partial charge < -0.3 is 14.2 Å². The van der Waals surface area contributed by atoms with Gasteiger partial charge in [-0.05, 0) is 175 Å². The van der Waals surface area contributed by atoms with E-state index in [0.29, 0.717) is 154 Å². The van der Waals surface area contributed by atoms with Crippen molar-refractivity contribution in [1.82, 2.24) is 78.8 Å². The van der Waals surface area contributed by atoms with Crippen molar-refractivity contribution in [3.63, 3.8) is 0 Å². The number of rotatable bonds is 26. The highest BCUT2D eigenvalue weighted by atomic mass is 32.2. The monoisotopic (exact) mass is 2030 g/mol. The third kappa shape index (κ3) is 22.8. The van der Waals surface area contributed by atoms with Gasteiger partial charge in [-0.3, -0.25) is 43.8 Å². The van der Waals surface area contributed by atoms with Crippen molar-refractivity contribution in [3.8, 4) is 85.4 Å². The molecule has 10 aromatic heterocycles. The van der Waals surface area contributed by atoms with E-state index in [1.807, 2.05) is 26.8 Å². The van der Waals surface area contributed by atoms with Crippen LogP contribution in [0.2, 0.25) is 0 Å². The lowest BCUT2D eigenvalue weighted by atomic mass is 9.83. The normalized spacial score (nSPS) is 19.0. The zero-order valence-electron chi connectivity index (χ0n) is 78.2. The average Bonchev–Trinajstić information content (AvgIpc) is 1.61. The molecule has 16 aromatic rings. The van der Waals surface area contributed by atoms with Crippen molar-refractivity contribution in [2.45, 2.75) is 112 Å². The topological polar surface area (TPSA) is 399 Å². The molecular formula is C101H93F7N16O15S4. The third-order valence-electron chi connectivity index (χ3n) is 24.9. The quantitative estimate of drug-likeness (QED) is 0.0359. The van der Waals surface area contributed by atoms with E-state index in [2.05, 4.69) is 40.1 Å². The van der Waals surface area contributed by atoms with E-state index in [4.69, 9.17) is 29.5 Å². The van der Waals surface area contributed by atoms with Crippen LogP contribution in [0.15, 0.2) is 219 Å². The first-order valence-corrected chi connectivity index (χ1v) is 52.5. The number of nitrogens with zero attached hydrogens (tertiary/aromatic N) is 16. The van der Waals surface area contributed by atoms with Crippen LogP contribution in [0.5, 0.6) is 17.2 Å². The number of hydrogen-bond acceptors (Lipinski definition) is 26. The van der Waals surface area contributed by atoms with E-state index in [9.17, 15) is 83.6 Å². The maximum absolute atomic E-state index is 13.6. The molecule has 0 aliphatic carbocycles. The summed E-state index contributed by atoms with van der Waals surface area (Å²) >= 11 is 0. The molecule has 6 aromatic carbocycles. The number of ether oxygens (including phenoxy) is 3. The maximum atomic E-state index is 13.6. The Bertz CT molecular complexity index is 7920. The van der Waals surface area contributed by atoms with E-state index in [1.165, 1.54) is 86.6 Å². The van der Waals surface area contributed by atoms with E-state index >= 15 is 0 Å². The number of alkyl halides is 3. The van der Waals surface area contributed by atoms with Crippen molar-refractivity contribution < 1.29 is 97.8 Å². The largest absolute Gasteiger partial charge is 0.461 e. The molecule has 0 radical (unpaired) electrons. The van der Waals surface area contributed by atoms with E-state index in [1.54, 1.807) is 172 Å². The first kappa shape index (κ1) is 100. The number of carbonyl (C=O) groups is 4. The summed E-state index contributed by atoms with van der Waals surface area (Å²) in [7, 11) is -10.7. The highest BCUT2D eigenvalue weighted by molar-refractivity contribution is 7.93. The average molecular weight is 2030 g/mol. The van der Waals surface area contributed by atoms with Gasteiger partial charge in [0.15, 0.2) is 68.3 Å². The number of sulfone groups is 4. The summed E-state index contributed by atoms with van der Waals surface area (Å²) in [6, 6.07) is 46.0. The molecular weight excluding hydrogens is 1940 g/mol. The van der Waals surface area contributed by atoms with Crippen LogP contribution in [0.1, 0.15) is 135 Å². The fraction of sp³-hybridized carbons (Fsp3) is 0.297. The standard InChI is InChI=1S/2C27H25F2N3O4S.C24H21F2N5O4S.C23H22FN5O3S/c2*1-17(28)36-22-5-3-4-18(12-22)25-26-23(32(31-25)21-8-6-20(29)7-9-21)13-19(15-30-26)24(33)14-27(2)10-11-37(34,35)16-27;1-14(25)35-18-5-3-4-15(6-18)21-22-19(31(30-21)23-28-10-17(26)11-29-23)7-16(9-27-22)20(32)8-24(2)12-36(33,34)13-24;1-23(8-10-33(31,32)14-23)12-20(30)15-11-19-21(25-13-15)22(18-7-9-26-28(18)2)27-29(19)17-5-3-16(24)4-6-17/h2*3-9,12-13,15,17H,10-11,14,16H2,1-2H3;3-7,9-11,14H,8,12-13H2,1-2H3;3-7,9,11,13H,8,10,12,14H2,1-2H3/t2*17?,27-;;23-/m11.1/s1. The van der Waals surface area contributed by atoms with Crippen LogP contribution in [0.25, 0.3) is 112 Å². The summed E-state index contributed by atoms with van der Waals surface area (Å²) in [6.45, 7) is 11.1. The van der Waals surface area contributed by atoms with Gasteiger partial charge in [-0.2, -0.15) is 30.2 Å². The highest BCUT2D eigenvalue weighted by Crippen LogP contribution is 2.44. The van der Waals surface area contributed by atoms with Crippen molar-refractivity contribution >= 4 is 107 Å². The number of hydrogen-bond donors (Lipinski definition) is 0. The zero-order chi connectivity index (χ0) is 102. The Morgan fingerprint density at radius 3 is 0.923 bits per heavy atom. The molecule has 143 heavy (non-hydrogen) atoms. The summed E-state index contributed by atoms with van der Waals surface area (Å²) < 4.78 is 213. The zero-order valence-corrected chi connectivity index (χ0v) is 81.4. The minimum Gasteiger partial charge on any atom is -0.461 e. The predicted molar refractivity (Wildman–Crippen MR) is 520 cm³/mol. The fourth-order valence-corrected chi connectivity index (χ4v) is 27.3. The van der Waals surface area contributed by atoms with Crippen LogP contribution in [0.4, 0.5) is 30.7 Å². The minimum absolute atomic E-state index is 0.0135. The number of aromatic nitrogens is 16. The Labute approximate surface area is 815 Å². The van der Waals surface area contributed by atoms with Crippen LogP contribution in [-0.4, -0.2) is 201 Å². The lowest BCUT2D eigenvalue weighted by Crippen LogP contribution is -2.47. The molecule has 0 N–H and O–H groups in total. The number of fused-ring (bicyclic) bond motifs is 4. The SMILES string of the molecule is CC(F)Oc1cccc(-c2nn(-c3ccc(F)cc3)c3cc(C(=O)C[C@@]4(C)CCS(=O)(=O)C4)cnc23)c1.CC(F)Oc1cccc(-c2nn(-c3ccc(F)cc3)c3cc(C(=O)C[C@@]4(C)CCS(=O)(=O)C4)cnc23)c1.CC(F)Oc1cccc(-c2nn(-c3ncc(F)cn3)c3cc(C(=O)CC4(C)CS(=O)(=O)C4)cnc23)c1.Cn1nccc1-c1nn(-c2ccc(F)cc2)c2cc(C(=O)C[C@@]3(C)CCS(=O)(=O)C3)cnc12. The smallest absolute Gasteiger partial charge is 0.251 e. The second-order valence-electron chi connectivity index (χ2n) is 37.6. The Kier molecular flexibility index (Phi) is 27.6. The molecule has 4 fully saturated rings. The Balaban J connectivity index is 0.000000131. The van der Waals surface area contributed by atoms with Crippen molar-refractivity contribution in [2.24, 2.45) is 28.7 Å². The van der Waals surface area contributed by atoms with Gasteiger partial charge in [-0.15, -0.1) is 0 Å². The van der Waals surface area contributed by atoms with Gasteiger partial charge in [-0.1, -0.05) is 64.1 Å². The van der Waals surface area contributed by atoms with E-state index in [-0.39, 0.29) is 112 Å². The van der Waals surface area contributed by atoms with Gasteiger partial charge in [0.05, 0.1) is 103 Å². The molecule has 6 atom stereocenters. The van der Waals surface area contributed by atoms with Crippen LogP contribution in [0, 0.1) is 44.9 Å². The first-order valence-electron chi connectivity index (χ1n) is 45.2. The van der Waals surface area contributed by atoms with Gasteiger partial charge in [-0.25, -0.2) is 88.4 Å². The molecule has 0 saturated carbocycles. The maximum Gasteiger partial charge on any atom is 0.251 e. The molecule has 20 rings (SSSR count). The summed E-state index contributed by atoms with van der Waals surface area (Å²) in [4.78, 5) is 78.7. The summed E-state index contributed by atoms with van der Waals surface area (Å²) in [5.74, 6) is -1.49. The molecule has 3 unspecified atom stereocenters. The number of benzene rings is 6. The molecule has 31 nitrogen and oxygen atoms in total. The summed E-state index contributed by atoms with van der Waals surface area (Å²) in [6.07, 6.45) is 6.66. The van der Waals surface area contributed by atoms with Gasteiger partial charge >= 0.3 is 0 Å². The van der Waals surface area contributed by atoms with Gasteiger partial charge in [0.25, 0.3) is 5.95 Å². The Morgan fingerprint density at radius 2 is 0.636 bits per heavy atom. The highest BCUT2D eigenvalue weighted by Gasteiger charge is 2.47. The van der Waals surface area contributed by atoms with Crippen LogP contribution in [0.3, 0.4) is 0 Å². The lowest BCUT2D eigenvalue weighted by molar-refractivity contribution is 0.0856. The van der Waals surface area contributed by atoms with Crippen molar-refractivity contribution in [3.05, 3.63) is 265 Å².